The Balaban J connectivity index is 1.95. The average Bonchev–Trinajstić information content (AvgIpc) is 2.50. The van der Waals surface area contributed by atoms with Gasteiger partial charge in [-0.2, -0.15) is 0 Å². The van der Waals surface area contributed by atoms with Crippen LogP contribution in [0.2, 0.25) is 0 Å². The average molecular weight is 315 g/mol. The van der Waals surface area contributed by atoms with Crippen molar-refractivity contribution in [3.05, 3.63) is 40.9 Å². The molecule has 1 heterocycles. The first kappa shape index (κ1) is 17.2. The van der Waals surface area contributed by atoms with Crippen LogP contribution >= 0.6 is 0 Å². The van der Waals surface area contributed by atoms with Crippen LogP contribution in [0.1, 0.15) is 40.0 Å². The Labute approximate surface area is 136 Å². The summed E-state index contributed by atoms with van der Waals surface area (Å²) in [7, 11) is 0. The van der Waals surface area contributed by atoms with Crippen molar-refractivity contribution in [2.75, 3.05) is 0 Å². The standard InChI is InChI=1S/C18H25N3O2/c1-13(2)7-6-8-14(3)20-17(22)11-21-12-19-16-10-5-4-9-15(16)18(21)23/h4-5,9-10,12-14H,6-8,11H2,1-3H3,(H,20,22). The van der Waals surface area contributed by atoms with Gasteiger partial charge in [-0.1, -0.05) is 38.8 Å². The van der Waals surface area contributed by atoms with Crippen LogP contribution in [0.3, 0.4) is 0 Å². The van der Waals surface area contributed by atoms with Crippen LogP contribution in [-0.2, 0) is 11.3 Å². The number of nitrogens with one attached hydrogen (secondary N) is 1. The van der Waals surface area contributed by atoms with Gasteiger partial charge in [-0.3, -0.25) is 14.2 Å². The lowest BCUT2D eigenvalue weighted by atomic mass is 10.0. The molecule has 1 aromatic carbocycles. The summed E-state index contributed by atoms with van der Waals surface area (Å²) >= 11 is 0. The summed E-state index contributed by atoms with van der Waals surface area (Å²) in [5.41, 5.74) is 0.467. The van der Waals surface area contributed by atoms with E-state index in [2.05, 4.69) is 24.1 Å². The van der Waals surface area contributed by atoms with Gasteiger partial charge in [0.05, 0.1) is 17.2 Å². The van der Waals surface area contributed by atoms with Gasteiger partial charge in [-0.15, -0.1) is 0 Å². The van der Waals surface area contributed by atoms with Crippen molar-refractivity contribution < 1.29 is 4.79 Å². The maximum absolute atomic E-state index is 12.3. The third-order valence-corrected chi connectivity index (χ3v) is 3.87. The lowest BCUT2D eigenvalue weighted by Crippen LogP contribution is -2.37. The summed E-state index contributed by atoms with van der Waals surface area (Å²) in [5.74, 6) is 0.529. The van der Waals surface area contributed by atoms with Crippen LogP contribution in [0, 0.1) is 5.92 Å². The van der Waals surface area contributed by atoms with Crippen LogP contribution in [0.5, 0.6) is 0 Å². The van der Waals surface area contributed by atoms with Crippen molar-refractivity contribution in [1.82, 2.24) is 14.9 Å². The monoisotopic (exact) mass is 315 g/mol. The highest BCUT2D eigenvalue weighted by Crippen LogP contribution is 2.08. The fourth-order valence-corrected chi connectivity index (χ4v) is 2.60. The van der Waals surface area contributed by atoms with Crippen LogP contribution < -0.4 is 10.9 Å². The number of amides is 1. The molecular weight excluding hydrogens is 290 g/mol. The van der Waals surface area contributed by atoms with Gasteiger partial charge in [0.2, 0.25) is 5.91 Å². The Bertz CT molecular complexity index is 722. The molecule has 23 heavy (non-hydrogen) atoms. The van der Waals surface area contributed by atoms with E-state index >= 15 is 0 Å². The Kier molecular flexibility index (Phi) is 5.90. The van der Waals surface area contributed by atoms with E-state index in [-0.39, 0.29) is 24.1 Å². The zero-order valence-corrected chi connectivity index (χ0v) is 14.1. The van der Waals surface area contributed by atoms with Crippen LogP contribution in [0.15, 0.2) is 35.4 Å². The van der Waals surface area contributed by atoms with E-state index in [9.17, 15) is 9.59 Å². The van der Waals surface area contributed by atoms with E-state index in [1.165, 1.54) is 10.9 Å². The molecule has 0 saturated carbocycles. The molecule has 2 aromatic rings. The molecule has 0 bridgehead atoms. The van der Waals surface area contributed by atoms with E-state index in [0.717, 1.165) is 19.3 Å². The maximum atomic E-state index is 12.3. The minimum atomic E-state index is -0.182. The molecule has 0 spiro atoms. The molecule has 1 atom stereocenters. The topological polar surface area (TPSA) is 64.0 Å². The van der Waals surface area contributed by atoms with Crippen molar-refractivity contribution >= 4 is 16.8 Å². The fourth-order valence-electron chi connectivity index (χ4n) is 2.60. The summed E-state index contributed by atoms with van der Waals surface area (Å²) in [5, 5.41) is 3.49. The van der Waals surface area contributed by atoms with E-state index in [1.54, 1.807) is 18.2 Å². The number of benzene rings is 1. The Hall–Kier alpha value is -2.17. The third-order valence-electron chi connectivity index (χ3n) is 3.87. The summed E-state index contributed by atoms with van der Waals surface area (Å²) in [6.07, 6.45) is 4.65. The predicted octanol–water partition coefficient (Wildman–Crippen LogP) is 2.73. The second-order valence-corrected chi connectivity index (χ2v) is 6.49. The molecule has 124 valence electrons. The molecule has 1 N–H and O–H groups in total. The first-order valence-electron chi connectivity index (χ1n) is 8.21. The zero-order chi connectivity index (χ0) is 16.8. The van der Waals surface area contributed by atoms with E-state index in [1.807, 2.05) is 13.0 Å². The lowest BCUT2D eigenvalue weighted by Gasteiger charge is -2.15. The van der Waals surface area contributed by atoms with E-state index in [4.69, 9.17) is 0 Å². The minimum absolute atomic E-state index is 0.00515. The van der Waals surface area contributed by atoms with Gasteiger partial charge in [0.1, 0.15) is 6.54 Å². The van der Waals surface area contributed by atoms with Gasteiger partial charge >= 0.3 is 0 Å². The molecule has 1 amide bonds. The van der Waals surface area contributed by atoms with Crippen molar-refractivity contribution in [3.8, 4) is 0 Å². The molecule has 0 radical (unpaired) electrons. The highest BCUT2D eigenvalue weighted by Gasteiger charge is 2.10. The first-order valence-corrected chi connectivity index (χ1v) is 8.21. The van der Waals surface area contributed by atoms with Gasteiger partial charge in [0.25, 0.3) is 5.56 Å². The van der Waals surface area contributed by atoms with Gasteiger partial charge in [0, 0.05) is 6.04 Å². The summed E-state index contributed by atoms with van der Waals surface area (Å²) in [4.78, 5) is 28.7. The molecule has 1 aromatic heterocycles. The summed E-state index contributed by atoms with van der Waals surface area (Å²) < 4.78 is 1.36. The quantitative estimate of drug-likeness (QED) is 0.854. The Morgan fingerprint density at radius 3 is 2.70 bits per heavy atom. The van der Waals surface area contributed by atoms with E-state index in [0.29, 0.717) is 16.8 Å². The van der Waals surface area contributed by atoms with Gasteiger partial charge in [-0.25, -0.2) is 4.98 Å². The number of para-hydroxylation sites is 1. The normalized spacial score (nSPS) is 12.5. The number of rotatable bonds is 7. The van der Waals surface area contributed by atoms with Crippen LogP contribution in [0.25, 0.3) is 10.9 Å². The second-order valence-electron chi connectivity index (χ2n) is 6.49. The highest BCUT2D eigenvalue weighted by molar-refractivity contribution is 5.78. The zero-order valence-electron chi connectivity index (χ0n) is 14.1. The van der Waals surface area contributed by atoms with Gasteiger partial charge in [-0.05, 0) is 31.4 Å². The molecule has 0 aliphatic carbocycles. The number of carbonyl (C=O) groups is 1. The summed E-state index contributed by atoms with van der Waals surface area (Å²) in [6.45, 7) is 6.40. The molecule has 0 aliphatic rings. The molecule has 1 unspecified atom stereocenters. The molecule has 5 nitrogen and oxygen atoms in total. The van der Waals surface area contributed by atoms with Crippen molar-refractivity contribution in [2.45, 2.75) is 52.6 Å². The molecule has 0 saturated heterocycles. The fraction of sp³-hybridized carbons (Fsp3) is 0.500. The summed E-state index contributed by atoms with van der Waals surface area (Å²) in [6, 6.07) is 7.27. The molecule has 0 aliphatic heterocycles. The number of aromatic nitrogens is 2. The Morgan fingerprint density at radius 1 is 1.22 bits per heavy atom. The largest absolute Gasteiger partial charge is 0.352 e. The number of hydrogen-bond acceptors (Lipinski definition) is 3. The Morgan fingerprint density at radius 2 is 1.96 bits per heavy atom. The number of fused-ring (bicyclic) bond motifs is 1. The van der Waals surface area contributed by atoms with Gasteiger partial charge in [0.15, 0.2) is 0 Å². The van der Waals surface area contributed by atoms with Crippen molar-refractivity contribution in [2.24, 2.45) is 5.92 Å². The van der Waals surface area contributed by atoms with Crippen LogP contribution in [0.4, 0.5) is 0 Å². The highest BCUT2D eigenvalue weighted by atomic mass is 16.2. The van der Waals surface area contributed by atoms with Crippen LogP contribution in [-0.4, -0.2) is 21.5 Å². The molecule has 0 fully saturated rings. The van der Waals surface area contributed by atoms with E-state index < -0.39 is 0 Å². The maximum Gasteiger partial charge on any atom is 0.261 e. The molecule has 5 heteroatoms. The molecular formula is C18H25N3O2. The number of carbonyl (C=O) groups excluding carboxylic acids is 1. The van der Waals surface area contributed by atoms with Gasteiger partial charge < -0.3 is 5.32 Å². The SMILES string of the molecule is CC(C)CCCC(C)NC(=O)Cn1cnc2ccccc2c1=O. The minimum Gasteiger partial charge on any atom is -0.352 e. The smallest absolute Gasteiger partial charge is 0.261 e. The number of nitrogens with zero attached hydrogens (tertiary/aromatic N) is 2. The second kappa shape index (κ2) is 7.90. The van der Waals surface area contributed by atoms with Crippen molar-refractivity contribution in [3.63, 3.8) is 0 Å². The lowest BCUT2D eigenvalue weighted by molar-refractivity contribution is -0.122. The van der Waals surface area contributed by atoms with Crippen molar-refractivity contribution in [1.29, 1.82) is 0 Å². The number of hydrogen-bond donors (Lipinski definition) is 1. The molecule has 2 rings (SSSR count). The first-order chi connectivity index (χ1) is 11.0. The predicted molar refractivity (Wildman–Crippen MR) is 92.3 cm³/mol. The third kappa shape index (κ3) is 4.91.